The molecule has 1 unspecified atom stereocenters. The quantitative estimate of drug-likeness (QED) is 0.878. The van der Waals surface area contributed by atoms with Crippen molar-refractivity contribution in [3.63, 3.8) is 0 Å². The van der Waals surface area contributed by atoms with Gasteiger partial charge in [0.15, 0.2) is 11.4 Å². The molecule has 0 aliphatic rings. The molecule has 0 aliphatic heterocycles. The maximum atomic E-state index is 13.5. The van der Waals surface area contributed by atoms with E-state index in [1.807, 2.05) is 7.05 Å². The molecular formula is C13H15F2NO. The number of benzene rings is 1. The summed E-state index contributed by atoms with van der Waals surface area (Å²) < 4.78 is 32.0. The van der Waals surface area contributed by atoms with Gasteiger partial charge in [0, 0.05) is 11.5 Å². The van der Waals surface area contributed by atoms with Gasteiger partial charge in [0.2, 0.25) is 0 Å². The van der Waals surface area contributed by atoms with Crippen LogP contribution in [-0.4, -0.2) is 7.05 Å². The zero-order chi connectivity index (χ0) is 12.4. The SMILES string of the molecule is CCCC(NC)c1cc2cc(F)cc(F)c2o1. The van der Waals surface area contributed by atoms with Crippen LogP contribution in [0.2, 0.25) is 0 Å². The lowest BCUT2D eigenvalue weighted by molar-refractivity contribution is 0.423. The van der Waals surface area contributed by atoms with E-state index in [1.165, 1.54) is 6.07 Å². The summed E-state index contributed by atoms with van der Waals surface area (Å²) in [4.78, 5) is 0. The molecule has 1 heterocycles. The Morgan fingerprint density at radius 3 is 2.71 bits per heavy atom. The van der Waals surface area contributed by atoms with Crippen molar-refractivity contribution in [2.75, 3.05) is 7.05 Å². The molecule has 0 saturated carbocycles. The van der Waals surface area contributed by atoms with Crippen LogP contribution in [0.1, 0.15) is 31.6 Å². The van der Waals surface area contributed by atoms with Crippen molar-refractivity contribution in [2.24, 2.45) is 0 Å². The smallest absolute Gasteiger partial charge is 0.170 e. The van der Waals surface area contributed by atoms with E-state index in [0.717, 1.165) is 18.9 Å². The highest BCUT2D eigenvalue weighted by molar-refractivity contribution is 5.78. The summed E-state index contributed by atoms with van der Waals surface area (Å²) in [7, 11) is 1.82. The third-order valence-corrected chi connectivity index (χ3v) is 2.82. The fraction of sp³-hybridized carbons (Fsp3) is 0.385. The van der Waals surface area contributed by atoms with Crippen molar-refractivity contribution in [1.82, 2.24) is 5.32 Å². The van der Waals surface area contributed by atoms with E-state index < -0.39 is 11.6 Å². The molecule has 4 heteroatoms. The monoisotopic (exact) mass is 239 g/mol. The number of hydrogen-bond acceptors (Lipinski definition) is 2. The van der Waals surface area contributed by atoms with Crippen molar-refractivity contribution in [2.45, 2.75) is 25.8 Å². The van der Waals surface area contributed by atoms with Gasteiger partial charge >= 0.3 is 0 Å². The molecule has 0 spiro atoms. The number of fused-ring (bicyclic) bond motifs is 1. The molecule has 1 aromatic heterocycles. The Bertz CT molecular complexity index is 521. The first-order valence-electron chi connectivity index (χ1n) is 5.71. The molecule has 92 valence electrons. The van der Waals surface area contributed by atoms with Gasteiger partial charge in [-0.05, 0) is 25.6 Å². The van der Waals surface area contributed by atoms with Gasteiger partial charge in [0.25, 0.3) is 0 Å². The van der Waals surface area contributed by atoms with Crippen molar-refractivity contribution in [3.8, 4) is 0 Å². The average molecular weight is 239 g/mol. The average Bonchev–Trinajstić information content (AvgIpc) is 2.69. The van der Waals surface area contributed by atoms with E-state index in [-0.39, 0.29) is 11.6 Å². The van der Waals surface area contributed by atoms with Gasteiger partial charge in [-0.15, -0.1) is 0 Å². The van der Waals surface area contributed by atoms with Crippen LogP contribution in [0.5, 0.6) is 0 Å². The molecule has 1 atom stereocenters. The molecule has 0 radical (unpaired) electrons. The highest BCUT2D eigenvalue weighted by Crippen LogP contribution is 2.28. The van der Waals surface area contributed by atoms with Gasteiger partial charge in [0.05, 0.1) is 6.04 Å². The van der Waals surface area contributed by atoms with Crippen LogP contribution in [0.25, 0.3) is 11.0 Å². The lowest BCUT2D eigenvalue weighted by atomic mass is 10.1. The molecule has 0 saturated heterocycles. The second kappa shape index (κ2) is 4.84. The lowest BCUT2D eigenvalue weighted by Gasteiger charge is -2.11. The Balaban J connectivity index is 2.46. The van der Waals surface area contributed by atoms with E-state index in [0.29, 0.717) is 11.1 Å². The Morgan fingerprint density at radius 1 is 1.29 bits per heavy atom. The fourth-order valence-electron chi connectivity index (χ4n) is 1.98. The molecule has 2 aromatic rings. The maximum Gasteiger partial charge on any atom is 0.170 e. The first-order chi connectivity index (χ1) is 8.15. The molecule has 0 fully saturated rings. The summed E-state index contributed by atoms with van der Waals surface area (Å²) >= 11 is 0. The molecular weight excluding hydrogens is 224 g/mol. The van der Waals surface area contributed by atoms with E-state index in [9.17, 15) is 8.78 Å². The van der Waals surface area contributed by atoms with Crippen molar-refractivity contribution in [3.05, 3.63) is 35.6 Å². The Morgan fingerprint density at radius 2 is 2.06 bits per heavy atom. The van der Waals surface area contributed by atoms with E-state index in [4.69, 9.17) is 4.42 Å². The van der Waals surface area contributed by atoms with Crippen LogP contribution in [0.4, 0.5) is 8.78 Å². The van der Waals surface area contributed by atoms with Crippen molar-refractivity contribution in [1.29, 1.82) is 0 Å². The van der Waals surface area contributed by atoms with Gasteiger partial charge in [0.1, 0.15) is 11.6 Å². The summed E-state index contributed by atoms with van der Waals surface area (Å²) in [6.07, 6.45) is 1.87. The summed E-state index contributed by atoms with van der Waals surface area (Å²) in [6, 6.07) is 3.85. The van der Waals surface area contributed by atoms with Crippen LogP contribution in [-0.2, 0) is 0 Å². The number of rotatable bonds is 4. The van der Waals surface area contributed by atoms with Crippen LogP contribution < -0.4 is 5.32 Å². The van der Waals surface area contributed by atoms with E-state index in [2.05, 4.69) is 12.2 Å². The predicted octanol–water partition coefficient (Wildman–Crippen LogP) is 3.77. The summed E-state index contributed by atoms with van der Waals surface area (Å²) in [6.45, 7) is 2.06. The van der Waals surface area contributed by atoms with Crippen LogP contribution in [0, 0.1) is 11.6 Å². The molecule has 1 aromatic carbocycles. The van der Waals surface area contributed by atoms with Gasteiger partial charge in [-0.25, -0.2) is 8.78 Å². The molecule has 0 aliphatic carbocycles. The number of furan rings is 1. The fourth-order valence-corrected chi connectivity index (χ4v) is 1.98. The second-order valence-electron chi connectivity index (χ2n) is 4.08. The number of hydrogen-bond donors (Lipinski definition) is 1. The van der Waals surface area contributed by atoms with E-state index in [1.54, 1.807) is 6.07 Å². The van der Waals surface area contributed by atoms with Crippen LogP contribution in [0.15, 0.2) is 22.6 Å². The maximum absolute atomic E-state index is 13.5. The van der Waals surface area contributed by atoms with Crippen molar-refractivity contribution < 1.29 is 13.2 Å². The van der Waals surface area contributed by atoms with Gasteiger partial charge in [-0.2, -0.15) is 0 Å². The molecule has 17 heavy (non-hydrogen) atoms. The predicted molar refractivity (Wildman–Crippen MR) is 62.8 cm³/mol. The summed E-state index contributed by atoms with van der Waals surface area (Å²) in [5, 5.41) is 3.57. The summed E-state index contributed by atoms with van der Waals surface area (Å²) in [5.41, 5.74) is 0.123. The first kappa shape index (κ1) is 12.0. The summed E-state index contributed by atoms with van der Waals surface area (Å²) in [5.74, 6) is -0.592. The third kappa shape index (κ3) is 2.31. The first-order valence-corrected chi connectivity index (χ1v) is 5.71. The Kier molecular flexibility index (Phi) is 3.43. The molecule has 0 bridgehead atoms. The molecule has 2 rings (SSSR count). The highest BCUT2D eigenvalue weighted by atomic mass is 19.1. The normalized spacial score (nSPS) is 13.2. The molecule has 1 N–H and O–H groups in total. The highest BCUT2D eigenvalue weighted by Gasteiger charge is 2.16. The van der Waals surface area contributed by atoms with E-state index >= 15 is 0 Å². The lowest BCUT2D eigenvalue weighted by Crippen LogP contribution is -2.15. The topological polar surface area (TPSA) is 25.2 Å². The number of halogens is 2. The third-order valence-electron chi connectivity index (χ3n) is 2.82. The van der Waals surface area contributed by atoms with Crippen LogP contribution in [0.3, 0.4) is 0 Å². The minimum atomic E-state index is -0.655. The standard InChI is InChI=1S/C13H15F2NO/c1-3-4-11(16-2)12-6-8-5-9(14)7-10(15)13(8)17-12/h5-7,11,16H,3-4H2,1-2H3. The molecule has 2 nitrogen and oxygen atoms in total. The van der Waals surface area contributed by atoms with Crippen LogP contribution >= 0.6 is 0 Å². The zero-order valence-electron chi connectivity index (χ0n) is 9.89. The minimum absolute atomic E-state index is 0.0369. The van der Waals surface area contributed by atoms with Crippen molar-refractivity contribution >= 4 is 11.0 Å². The number of nitrogens with one attached hydrogen (secondary N) is 1. The van der Waals surface area contributed by atoms with Gasteiger partial charge in [-0.1, -0.05) is 13.3 Å². The Hall–Kier alpha value is -1.42. The largest absolute Gasteiger partial charge is 0.456 e. The zero-order valence-corrected chi connectivity index (χ0v) is 9.89. The van der Waals surface area contributed by atoms with Gasteiger partial charge in [-0.3, -0.25) is 0 Å². The Labute approximate surface area is 98.6 Å². The van der Waals surface area contributed by atoms with Gasteiger partial charge < -0.3 is 9.73 Å². The minimum Gasteiger partial charge on any atom is -0.456 e. The second-order valence-corrected chi connectivity index (χ2v) is 4.08. The molecule has 0 amide bonds.